The lowest BCUT2D eigenvalue weighted by molar-refractivity contribution is -0.384. The first-order chi connectivity index (χ1) is 22.1. The molecule has 2 atom stereocenters. The van der Waals surface area contributed by atoms with E-state index >= 15 is 0 Å². The summed E-state index contributed by atoms with van der Waals surface area (Å²) in [6.07, 6.45) is 0.377. The van der Waals surface area contributed by atoms with Crippen molar-refractivity contribution in [1.82, 2.24) is 16.1 Å². The summed E-state index contributed by atoms with van der Waals surface area (Å²) in [5.41, 5.74) is 5.40. The maximum Gasteiger partial charge on any atom is 0.337 e. The van der Waals surface area contributed by atoms with Crippen molar-refractivity contribution in [1.29, 1.82) is 0 Å². The standard InChI is InChI=1S/C31H32IN5O9/c1-4-44-26-14-21(29-28(30(39)43-3)18(2)34-31(40)35-29)8-12-25(26)46-17-27(38)36-33-15-20-7-11-24(23(32)13-20)45-16-19-5-9-22(10-6-19)37(41)42/h5-15,27,29,36,38H,4,16-17H2,1-3H3,(H2,34,35,40)/b33-15-/t27-,29-/m0/s1. The fourth-order valence-corrected chi connectivity index (χ4v) is 5.10. The smallest absolute Gasteiger partial charge is 0.337 e. The molecule has 0 radical (unpaired) electrons. The number of allylic oxidation sites excluding steroid dienone is 1. The number of aliphatic hydroxyl groups is 1. The number of amides is 2. The number of carbonyl (C=O) groups is 2. The Morgan fingerprint density at radius 3 is 2.52 bits per heavy atom. The Labute approximate surface area is 278 Å². The fraction of sp³-hybridized carbons (Fsp3) is 0.258. The number of nitrogens with one attached hydrogen (secondary N) is 3. The van der Waals surface area contributed by atoms with Crippen LogP contribution in [0.1, 0.15) is 36.6 Å². The average Bonchev–Trinajstić information content (AvgIpc) is 3.03. The molecule has 1 heterocycles. The van der Waals surface area contributed by atoms with Gasteiger partial charge in [-0.2, -0.15) is 5.10 Å². The topological polar surface area (TPSA) is 183 Å². The van der Waals surface area contributed by atoms with E-state index in [1.807, 2.05) is 6.07 Å². The van der Waals surface area contributed by atoms with Gasteiger partial charge in [-0.15, -0.1) is 0 Å². The predicted molar refractivity (Wildman–Crippen MR) is 176 cm³/mol. The molecule has 3 aromatic rings. The highest BCUT2D eigenvalue weighted by Gasteiger charge is 2.32. The summed E-state index contributed by atoms with van der Waals surface area (Å²) in [5, 5.41) is 30.6. The first kappa shape index (κ1) is 34.0. The zero-order valence-corrected chi connectivity index (χ0v) is 27.3. The molecular formula is C31H32IN5O9. The van der Waals surface area contributed by atoms with Gasteiger partial charge in [0.1, 0.15) is 19.0 Å². The molecule has 1 aliphatic heterocycles. The van der Waals surface area contributed by atoms with E-state index < -0.39 is 29.2 Å². The molecule has 0 bridgehead atoms. The van der Waals surface area contributed by atoms with E-state index in [4.69, 9.17) is 18.9 Å². The summed E-state index contributed by atoms with van der Waals surface area (Å²) >= 11 is 2.14. The number of hydrogen-bond acceptors (Lipinski definition) is 11. The molecule has 0 saturated carbocycles. The van der Waals surface area contributed by atoms with Crippen LogP contribution in [0.3, 0.4) is 0 Å². The van der Waals surface area contributed by atoms with Crippen LogP contribution < -0.4 is 30.3 Å². The van der Waals surface area contributed by atoms with Gasteiger partial charge in [0.15, 0.2) is 17.7 Å². The van der Waals surface area contributed by atoms with E-state index in [0.29, 0.717) is 35.1 Å². The molecule has 0 unspecified atom stereocenters. The Morgan fingerprint density at radius 2 is 1.85 bits per heavy atom. The Balaban J connectivity index is 1.33. The van der Waals surface area contributed by atoms with Gasteiger partial charge in [-0.3, -0.25) is 15.5 Å². The van der Waals surface area contributed by atoms with Crippen LogP contribution >= 0.6 is 22.6 Å². The number of non-ortho nitro benzene ring substituents is 1. The molecular weight excluding hydrogens is 713 g/mol. The highest BCUT2D eigenvalue weighted by atomic mass is 127. The van der Waals surface area contributed by atoms with Gasteiger partial charge in [-0.05, 0) is 95.6 Å². The molecule has 46 heavy (non-hydrogen) atoms. The Morgan fingerprint density at radius 1 is 1.11 bits per heavy atom. The second kappa shape index (κ2) is 15.9. The normalized spacial score (nSPS) is 15.1. The second-order valence-electron chi connectivity index (χ2n) is 9.82. The van der Waals surface area contributed by atoms with Crippen molar-refractivity contribution in [3.05, 3.63) is 102 Å². The lowest BCUT2D eigenvalue weighted by Crippen LogP contribution is -2.45. The molecule has 0 saturated heterocycles. The van der Waals surface area contributed by atoms with Crippen molar-refractivity contribution in [3.8, 4) is 17.2 Å². The number of halogens is 1. The van der Waals surface area contributed by atoms with Gasteiger partial charge in [0.25, 0.3) is 5.69 Å². The maximum atomic E-state index is 12.4. The van der Waals surface area contributed by atoms with Crippen LogP contribution in [-0.2, 0) is 16.1 Å². The van der Waals surface area contributed by atoms with Crippen LogP contribution in [0.15, 0.2) is 77.0 Å². The minimum atomic E-state index is -1.16. The van der Waals surface area contributed by atoms with Crippen molar-refractivity contribution in [2.75, 3.05) is 20.3 Å². The van der Waals surface area contributed by atoms with Crippen molar-refractivity contribution < 1.29 is 38.6 Å². The van der Waals surface area contributed by atoms with E-state index in [1.54, 1.807) is 56.3 Å². The number of hydrogen-bond donors (Lipinski definition) is 4. The monoisotopic (exact) mass is 745 g/mol. The predicted octanol–water partition coefficient (Wildman–Crippen LogP) is 4.30. The summed E-state index contributed by atoms with van der Waals surface area (Å²) in [4.78, 5) is 35.0. The number of ether oxygens (including phenoxy) is 4. The number of methoxy groups -OCH3 is 1. The van der Waals surface area contributed by atoms with Crippen molar-refractivity contribution >= 4 is 46.5 Å². The zero-order chi connectivity index (χ0) is 33.2. The summed E-state index contributed by atoms with van der Waals surface area (Å²) in [7, 11) is 1.27. The van der Waals surface area contributed by atoms with Crippen LogP contribution in [-0.4, -0.2) is 54.8 Å². The molecule has 0 fully saturated rings. The average molecular weight is 746 g/mol. The number of urea groups is 1. The summed E-state index contributed by atoms with van der Waals surface area (Å²) in [6, 6.07) is 15.3. The molecule has 0 aliphatic carbocycles. The number of benzene rings is 3. The molecule has 0 spiro atoms. The third kappa shape index (κ3) is 8.85. The molecule has 0 aromatic heterocycles. The first-order valence-electron chi connectivity index (χ1n) is 14.0. The van der Waals surface area contributed by atoms with E-state index in [2.05, 4.69) is 43.8 Å². The zero-order valence-electron chi connectivity index (χ0n) is 25.1. The van der Waals surface area contributed by atoms with Gasteiger partial charge in [0.05, 0.1) is 40.0 Å². The van der Waals surface area contributed by atoms with Gasteiger partial charge in [0.2, 0.25) is 0 Å². The van der Waals surface area contributed by atoms with Gasteiger partial charge < -0.3 is 34.7 Å². The molecule has 4 N–H and O–H groups in total. The lowest BCUT2D eigenvalue weighted by atomic mass is 9.95. The van der Waals surface area contributed by atoms with Gasteiger partial charge >= 0.3 is 12.0 Å². The number of carbonyl (C=O) groups excluding carboxylic acids is 2. The fourth-order valence-electron chi connectivity index (χ4n) is 4.41. The van der Waals surface area contributed by atoms with E-state index in [0.717, 1.165) is 14.7 Å². The quantitative estimate of drug-likeness (QED) is 0.0464. The molecule has 2 amide bonds. The maximum absolute atomic E-state index is 12.4. The summed E-state index contributed by atoms with van der Waals surface area (Å²) in [5.74, 6) is 0.760. The number of aliphatic hydroxyl groups excluding tert-OH is 1. The third-order valence-corrected chi connectivity index (χ3v) is 7.45. The number of nitro groups is 1. The lowest BCUT2D eigenvalue weighted by Gasteiger charge is -2.28. The molecule has 3 aromatic carbocycles. The Hall–Kier alpha value is -4.90. The first-order valence-corrected chi connectivity index (χ1v) is 15.1. The van der Waals surface area contributed by atoms with Crippen molar-refractivity contribution in [3.63, 3.8) is 0 Å². The number of hydrazone groups is 1. The van der Waals surface area contributed by atoms with Crippen LogP contribution in [0.2, 0.25) is 0 Å². The van der Waals surface area contributed by atoms with E-state index in [-0.39, 0.29) is 24.5 Å². The van der Waals surface area contributed by atoms with E-state index in [1.165, 1.54) is 25.5 Å². The van der Waals surface area contributed by atoms with Gasteiger partial charge in [-0.1, -0.05) is 6.07 Å². The largest absolute Gasteiger partial charge is 0.490 e. The van der Waals surface area contributed by atoms with Crippen LogP contribution in [0.5, 0.6) is 17.2 Å². The summed E-state index contributed by atoms with van der Waals surface area (Å²) < 4.78 is 23.1. The highest BCUT2D eigenvalue weighted by molar-refractivity contribution is 14.1. The number of nitrogens with zero attached hydrogens (tertiary/aromatic N) is 2. The van der Waals surface area contributed by atoms with E-state index in [9.17, 15) is 24.8 Å². The third-order valence-electron chi connectivity index (χ3n) is 6.61. The van der Waals surface area contributed by atoms with Crippen LogP contribution in [0, 0.1) is 13.7 Å². The molecule has 4 rings (SSSR count). The van der Waals surface area contributed by atoms with Crippen LogP contribution in [0.4, 0.5) is 10.5 Å². The number of rotatable bonds is 14. The minimum absolute atomic E-state index is 0.0197. The molecule has 14 nitrogen and oxygen atoms in total. The van der Waals surface area contributed by atoms with Gasteiger partial charge in [0, 0.05) is 17.8 Å². The Kier molecular flexibility index (Phi) is 11.7. The van der Waals surface area contributed by atoms with Crippen molar-refractivity contribution in [2.24, 2.45) is 5.10 Å². The number of esters is 1. The SMILES string of the molecule is CCOc1cc([C@@H]2NC(=O)NC(C)=C2C(=O)OC)ccc1OC[C@H](O)N/N=C\c1ccc(OCc2ccc([N+](=O)[O-])cc2)c(I)c1. The number of nitro benzene ring substituents is 1. The minimum Gasteiger partial charge on any atom is -0.490 e. The highest BCUT2D eigenvalue weighted by Crippen LogP contribution is 2.35. The Bertz CT molecular complexity index is 1650. The molecule has 1 aliphatic rings. The summed E-state index contributed by atoms with van der Waals surface area (Å²) in [6.45, 7) is 3.83. The van der Waals surface area contributed by atoms with Gasteiger partial charge in [-0.25, -0.2) is 9.59 Å². The second-order valence-corrected chi connectivity index (χ2v) is 11.0. The van der Waals surface area contributed by atoms with Crippen molar-refractivity contribution in [2.45, 2.75) is 32.7 Å². The molecule has 15 heteroatoms. The van der Waals surface area contributed by atoms with Crippen LogP contribution in [0.25, 0.3) is 0 Å². The molecule has 242 valence electrons.